The number of rotatable bonds is 6. The molecule has 21 heavy (non-hydrogen) atoms. The quantitative estimate of drug-likeness (QED) is 0.832. The van der Waals surface area contributed by atoms with E-state index >= 15 is 0 Å². The van der Waals surface area contributed by atoms with Gasteiger partial charge in [0.2, 0.25) is 10.0 Å². The van der Waals surface area contributed by atoms with E-state index in [2.05, 4.69) is 10.0 Å². The van der Waals surface area contributed by atoms with Crippen molar-refractivity contribution in [1.29, 1.82) is 0 Å². The number of hydrogen-bond donors (Lipinski definition) is 2. The number of anilines is 1. The lowest BCUT2D eigenvalue weighted by atomic mass is 10.1. The summed E-state index contributed by atoms with van der Waals surface area (Å²) in [6.07, 6.45) is 2.55. The smallest absolute Gasteiger partial charge is 0.240 e. The predicted octanol–water partition coefficient (Wildman–Crippen LogP) is 1.70. The van der Waals surface area contributed by atoms with Gasteiger partial charge in [0.05, 0.1) is 4.90 Å². The maximum Gasteiger partial charge on any atom is 0.240 e. The molecule has 0 radical (unpaired) electrons. The van der Waals surface area contributed by atoms with Gasteiger partial charge in [-0.25, -0.2) is 13.1 Å². The van der Waals surface area contributed by atoms with E-state index in [4.69, 9.17) is 0 Å². The lowest BCUT2D eigenvalue weighted by Gasteiger charge is -2.23. The van der Waals surface area contributed by atoms with Crippen molar-refractivity contribution >= 4 is 26.5 Å². The molecule has 5 nitrogen and oxygen atoms in total. The fourth-order valence-electron chi connectivity index (χ4n) is 2.22. The van der Waals surface area contributed by atoms with Crippen LogP contribution < -0.4 is 10.0 Å². The highest BCUT2D eigenvalue weighted by atomic mass is 32.2. The Morgan fingerprint density at radius 3 is 2.38 bits per heavy atom. The van der Waals surface area contributed by atoms with E-state index in [1.165, 1.54) is 0 Å². The van der Waals surface area contributed by atoms with Gasteiger partial charge in [0.15, 0.2) is 0 Å². The predicted molar refractivity (Wildman–Crippen MR) is 86.4 cm³/mol. The fourth-order valence-corrected chi connectivity index (χ4v) is 4.66. The molecule has 1 saturated heterocycles. The SMILES string of the molecule is CCCNS(=O)(=O)c1ccc(NC2CCS(=O)CC2)cc1. The van der Waals surface area contributed by atoms with Crippen molar-refractivity contribution in [3.8, 4) is 0 Å². The maximum atomic E-state index is 12.0. The van der Waals surface area contributed by atoms with Gasteiger partial charge in [0, 0.05) is 40.6 Å². The van der Waals surface area contributed by atoms with E-state index in [-0.39, 0.29) is 4.90 Å². The Morgan fingerprint density at radius 2 is 1.81 bits per heavy atom. The van der Waals surface area contributed by atoms with Crippen LogP contribution in [0.2, 0.25) is 0 Å². The summed E-state index contributed by atoms with van der Waals surface area (Å²) in [5, 5.41) is 3.37. The molecule has 0 saturated carbocycles. The Hall–Kier alpha value is -0.920. The van der Waals surface area contributed by atoms with Gasteiger partial charge in [-0.1, -0.05) is 6.92 Å². The van der Waals surface area contributed by atoms with Gasteiger partial charge in [-0.05, 0) is 43.5 Å². The molecule has 2 rings (SSSR count). The molecule has 0 atom stereocenters. The van der Waals surface area contributed by atoms with E-state index < -0.39 is 20.8 Å². The normalized spacial score (nSPS) is 22.9. The molecule has 0 unspecified atom stereocenters. The van der Waals surface area contributed by atoms with Crippen LogP contribution in [0.1, 0.15) is 26.2 Å². The zero-order valence-electron chi connectivity index (χ0n) is 12.2. The van der Waals surface area contributed by atoms with Crippen LogP contribution in [0, 0.1) is 0 Å². The number of nitrogens with one attached hydrogen (secondary N) is 2. The summed E-state index contributed by atoms with van der Waals surface area (Å²) >= 11 is 0. The van der Waals surface area contributed by atoms with Crippen molar-refractivity contribution in [3.63, 3.8) is 0 Å². The molecule has 1 fully saturated rings. The average molecular weight is 330 g/mol. The Balaban J connectivity index is 1.97. The molecule has 1 aliphatic rings. The summed E-state index contributed by atoms with van der Waals surface area (Å²) in [5.74, 6) is 1.48. The largest absolute Gasteiger partial charge is 0.382 e. The third-order valence-corrected chi connectivity index (χ3v) is 6.32. The minimum Gasteiger partial charge on any atom is -0.382 e. The molecule has 7 heteroatoms. The molecule has 1 aromatic rings. The number of benzene rings is 1. The van der Waals surface area contributed by atoms with Crippen molar-refractivity contribution < 1.29 is 12.6 Å². The highest BCUT2D eigenvalue weighted by molar-refractivity contribution is 7.89. The first kappa shape index (κ1) is 16.5. The van der Waals surface area contributed by atoms with Crippen molar-refractivity contribution in [2.24, 2.45) is 0 Å². The van der Waals surface area contributed by atoms with Crippen LogP contribution in [-0.4, -0.2) is 36.7 Å². The van der Waals surface area contributed by atoms with Gasteiger partial charge in [-0.15, -0.1) is 0 Å². The molecule has 1 aliphatic heterocycles. The zero-order chi connectivity index (χ0) is 15.3. The summed E-state index contributed by atoms with van der Waals surface area (Å²) in [6, 6.07) is 7.11. The summed E-state index contributed by atoms with van der Waals surface area (Å²) in [4.78, 5) is 0.284. The van der Waals surface area contributed by atoms with Gasteiger partial charge in [-0.2, -0.15) is 0 Å². The second kappa shape index (κ2) is 7.38. The van der Waals surface area contributed by atoms with Crippen LogP contribution in [0.15, 0.2) is 29.2 Å². The van der Waals surface area contributed by atoms with E-state index in [0.29, 0.717) is 12.6 Å². The second-order valence-corrected chi connectivity index (χ2v) is 8.65. The van der Waals surface area contributed by atoms with Crippen LogP contribution >= 0.6 is 0 Å². The summed E-state index contributed by atoms with van der Waals surface area (Å²) in [5.41, 5.74) is 0.905. The molecule has 1 heterocycles. The lowest BCUT2D eigenvalue weighted by Crippen LogP contribution is -2.29. The second-order valence-electron chi connectivity index (χ2n) is 5.19. The van der Waals surface area contributed by atoms with Crippen molar-refractivity contribution in [1.82, 2.24) is 4.72 Å². The van der Waals surface area contributed by atoms with Gasteiger partial charge in [0.1, 0.15) is 0 Å². The first-order valence-corrected chi connectivity index (χ1v) is 10.2. The van der Waals surface area contributed by atoms with Crippen LogP contribution in [-0.2, 0) is 20.8 Å². The molecule has 0 aliphatic carbocycles. The highest BCUT2D eigenvalue weighted by Gasteiger charge is 2.18. The van der Waals surface area contributed by atoms with Crippen LogP contribution in [0.25, 0.3) is 0 Å². The first-order chi connectivity index (χ1) is 10.0. The maximum absolute atomic E-state index is 12.0. The Labute approximate surface area is 129 Å². The number of sulfonamides is 1. The van der Waals surface area contributed by atoms with Crippen LogP contribution in [0.3, 0.4) is 0 Å². The van der Waals surface area contributed by atoms with Gasteiger partial charge < -0.3 is 5.32 Å². The minimum absolute atomic E-state index is 0.284. The summed E-state index contributed by atoms with van der Waals surface area (Å²) in [6.45, 7) is 2.37. The summed E-state index contributed by atoms with van der Waals surface area (Å²) < 4.78 is 37.8. The van der Waals surface area contributed by atoms with E-state index in [1.54, 1.807) is 24.3 Å². The van der Waals surface area contributed by atoms with E-state index in [0.717, 1.165) is 36.5 Å². The molecule has 0 spiro atoms. The first-order valence-electron chi connectivity index (χ1n) is 7.22. The third-order valence-electron chi connectivity index (χ3n) is 3.47. The monoisotopic (exact) mass is 330 g/mol. The lowest BCUT2D eigenvalue weighted by molar-refractivity contribution is 0.581. The van der Waals surface area contributed by atoms with Crippen molar-refractivity contribution in [2.45, 2.75) is 37.1 Å². The molecule has 0 aromatic heterocycles. The third kappa shape index (κ3) is 4.79. The number of hydrogen-bond acceptors (Lipinski definition) is 4. The van der Waals surface area contributed by atoms with Crippen LogP contribution in [0.5, 0.6) is 0 Å². The Morgan fingerprint density at radius 1 is 1.19 bits per heavy atom. The standard InChI is InChI=1S/C14H22N2O3S2/c1-2-9-15-21(18,19)14-5-3-12(4-6-14)16-13-7-10-20(17)11-8-13/h3-6,13,15-16H,2,7-11H2,1H3. The van der Waals surface area contributed by atoms with Gasteiger partial charge in [-0.3, -0.25) is 4.21 Å². The topological polar surface area (TPSA) is 75.3 Å². The Bertz CT molecular complexity index is 575. The van der Waals surface area contributed by atoms with Crippen molar-refractivity contribution in [2.75, 3.05) is 23.4 Å². The average Bonchev–Trinajstić information content (AvgIpc) is 2.48. The minimum atomic E-state index is -3.40. The molecule has 2 N–H and O–H groups in total. The molecular weight excluding hydrogens is 308 g/mol. The van der Waals surface area contributed by atoms with Gasteiger partial charge in [0.25, 0.3) is 0 Å². The van der Waals surface area contributed by atoms with Crippen molar-refractivity contribution in [3.05, 3.63) is 24.3 Å². The highest BCUT2D eigenvalue weighted by Crippen LogP contribution is 2.18. The fraction of sp³-hybridized carbons (Fsp3) is 0.571. The van der Waals surface area contributed by atoms with Crippen LogP contribution in [0.4, 0.5) is 5.69 Å². The Kier molecular flexibility index (Phi) is 5.78. The molecule has 0 bridgehead atoms. The van der Waals surface area contributed by atoms with E-state index in [9.17, 15) is 12.6 Å². The molecule has 1 aromatic carbocycles. The zero-order valence-corrected chi connectivity index (χ0v) is 13.8. The summed E-state index contributed by atoms with van der Waals surface area (Å²) in [7, 11) is -4.06. The molecule has 0 amide bonds. The van der Waals surface area contributed by atoms with Gasteiger partial charge >= 0.3 is 0 Å². The molecule has 118 valence electrons. The molecular formula is C14H22N2O3S2. The van der Waals surface area contributed by atoms with E-state index in [1.807, 2.05) is 6.92 Å².